The Morgan fingerprint density at radius 1 is 1.23 bits per heavy atom. The van der Waals surface area contributed by atoms with Crippen molar-refractivity contribution in [3.63, 3.8) is 0 Å². The smallest absolute Gasteiger partial charge is 0.149 e. The van der Waals surface area contributed by atoms with Gasteiger partial charge in [0.25, 0.3) is 0 Å². The number of hydrogen-bond donors (Lipinski definition) is 3. The SMILES string of the molecule is Cl.N=C(N)c1cc(F)c(N)c(F)c1. The van der Waals surface area contributed by atoms with Gasteiger partial charge in [-0.05, 0) is 12.1 Å². The van der Waals surface area contributed by atoms with Gasteiger partial charge in [0.2, 0.25) is 0 Å². The average Bonchev–Trinajstić information content (AvgIpc) is 1.99. The molecule has 72 valence electrons. The second kappa shape index (κ2) is 4.04. The van der Waals surface area contributed by atoms with Crippen molar-refractivity contribution in [1.29, 1.82) is 5.41 Å². The number of nitrogens with two attached hydrogens (primary N) is 2. The van der Waals surface area contributed by atoms with Crippen molar-refractivity contribution < 1.29 is 8.78 Å². The summed E-state index contributed by atoms with van der Waals surface area (Å²) < 4.78 is 25.4. The van der Waals surface area contributed by atoms with Crippen LogP contribution >= 0.6 is 12.4 Å². The van der Waals surface area contributed by atoms with Crippen LogP contribution in [0.25, 0.3) is 0 Å². The fourth-order valence-corrected chi connectivity index (χ4v) is 0.740. The normalized spacial score (nSPS) is 9.08. The van der Waals surface area contributed by atoms with Gasteiger partial charge >= 0.3 is 0 Å². The third-order valence-electron chi connectivity index (χ3n) is 1.39. The Morgan fingerprint density at radius 2 is 1.62 bits per heavy atom. The largest absolute Gasteiger partial charge is 0.394 e. The molecule has 0 aromatic heterocycles. The van der Waals surface area contributed by atoms with E-state index in [4.69, 9.17) is 16.9 Å². The molecule has 0 saturated carbocycles. The van der Waals surface area contributed by atoms with E-state index in [1.54, 1.807) is 0 Å². The second-order valence-corrected chi connectivity index (χ2v) is 2.27. The van der Waals surface area contributed by atoms with Gasteiger partial charge in [0.1, 0.15) is 23.2 Å². The molecule has 0 heterocycles. The minimum absolute atomic E-state index is 0. The zero-order valence-corrected chi connectivity index (χ0v) is 7.29. The van der Waals surface area contributed by atoms with Crippen LogP contribution in [0.4, 0.5) is 14.5 Å². The molecule has 1 aromatic carbocycles. The van der Waals surface area contributed by atoms with Crippen molar-refractivity contribution in [1.82, 2.24) is 0 Å². The van der Waals surface area contributed by atoms with Gasteiger partial charge < -0.3 is 11.5 Å². The number of anilines is 1. The lowest BCUT2D eigenvalue weighted by molar-refractivity contribution is 0.591. The van der Waals surface area contributed by atoms with Crippen LogP contribution in [0.2, 0.25) is 0 Å². The third kappa shape index (κ3) is 2.29. The Morgan fingerprint density at radius 3 is 1.92 bits per heavy atom. The molecule has 6 heteroatoms. The summed E-state index contributed by atoms with van der Waals surface area (Å²) in [5.41, 5.74) is 9.43. The molecule has 3 nitrogen and oxygen atoms in total. The molecule has 0 radical (unpaired) electrons. The molecule has 0 fully saturated rings. The van der Waals surface area contributed by atoms with Crippen molar-refractivity contribution in [2.45, 2.75) is 0 Å². The molecule has 0 aliphatic rings. The zero-order valence-electron chi connectivity index (χ0n) is 6.47. The van der Waals surface area contributed by atoms with Crippen LogP contribution in [0.15, 0.2) is 12.1 Å². The number of nitrogen functional groups attached to an aromatic ring is 2. The molecular weight excluding hydrogens is 200 g/mol. The highest BCUT2D eigenvalue weighted by Crippen LogP contribution is 2.16. The Bertz CT molecular complexity index is 318. The van der Waals surface area contributed by atoms with Gasteiger partial charge in [0.15, 0.2) is 0 Å². The summed E-state index contributed by atoms with van der Waals surface area (Å²) in [6.45, 7) is 0. The highest BCUT2D eigenvalue weighted by atomic mass is 35.5. The maximum Gasteiger partial charge on any atom is 0.149 e. The minimum atomic E-state index is -0.903. The number of amidine groups is 1. The number of rotatable bonds is 1. The van der Waals surface area contributed by atoms with E-state index < -0.39 is 23.2 Å². The standard InChI is InChI=1S/C7H7F2N3.ClH/c8-4-1-3(7(11)12)2-5(9)6(4)10;/h1-2H,10H2,(H3,11,12);1H. The maximum absolute atomic E-state index is 12.7. The molecule has 13 heavy (non-hydrogen) atoms. The summed E-state index contributed by atoms with van der Waals surface area (Å²) >= 11 is 0. The first-order valence-corrected chi connectivity index (χ1v) is 3.11. The van der Waals surface area contributed by atoms with Crippen LogP contribution in [0, 0.1) is 17.0 Å². The lowest BCUT2D eigenvalue weighted by Crippen LogP contribution is -2.12. The van der Waals surface area contributed by atoms with Crippen LogP contribution < -0.4 is 11.5 Å². The van der Waals surface area contributed by atoms with Crippen LogP contribution in [-0.4, -0.2) is 5.84 Å². The van der Waals surface area contributed by atoms with Gasteiger partial charge in [-0.3, -0.25) is 5.41 Å². The lowest BCUT2D eigenvalue weighted by Gasteiger charge is -2.01. The highest BCUT2D eigenvalue weighted by Gasteiger charge is 2.08. The molecule has 0 spiro atoms. The maximum atomic E-state index is 12.7. The Labute approximate surface area is 79.6 Å². The second-order valence-electron chi connectivity index (χ2n) is 2.27. The van der Waals surface area contributed by atoms with Crippen molar-refractivity contribution in [3.05, 3.63) is 29.3 Å². The average molecular weight is 208 g/mol. The van der Waals surface area contributed by atoms with E-state index in [0.29, 0.717) is 0 Å². The molecule has 0 aliphatic heterocycles. The van der Waals surface area contributed by atoms with E-state index in [2.05, 4.69) is 0 Å². The summed E-state index contributed by atoms with van der Waals surface area (Å²) in [6, 6.07) is 1.83. The molecule has 0 atom stereocenters. The van der Waals surface area contributed by atoms with Crippen LogP contribution in [0.3, 0.4) is 0 Å². The number of benzene rings is 1. The van der Waals surface area contributed by atoms with E-state index in [9.17, 15) is 8.78 Å². The molecule has 1 rings (SSSR count). The summed E-state index contributed by atoms with van der Waals surface area (Å²) in [5, 5.41) is 6.90. The van der Waals surface area contributed by atoms with Gasteiger partial charge in [-0.15, -0.1) is 12.4 Å². The van der Waals surface area contributed by atoms with Crippen molar-refractivity contribution in [2.24, 2.45) is 5.73 Å². The molecule has 0 unspecified atom stereocenters. The van der Waals surface area contributed by atoms with Crippen LogP contribution in [0.5, 0.6) is 0 Å². The first-order valence-electron chi connectivity index (χ1n) is 3.11. The number of halogens is 3. The highest BCUT2D eigenvalue weighted by molar-refractivity contribution is 5.95. The Balaban J connectivity index is 0.00000144. The summed E-state index contributed by atoms with van der Waals surface area (Å²) in [6.07, 6.45) is 0. The molecule has 0 aliphatic carbocycles. The summed E-state index contributed by atoms with van der Waals surface area (Å²) in [7, 11) is 0. The predicted octanol–water partition coefficient (Wildman–Crippen LogP) is 1.25. The predicted molar refractivity (Wildman–Crippen MR) is 49.0 cm³/mol. The molecule has 1 aromatic rings. The molecular formula is C7H8ClF2N3. The van der Waals surface area contributed by atoms with E-state index in [1.807, 2.05) is 0 Å². The zero-order chi connectivity index (χ0) is 9.30. The topological polar surface area (TPSA) is 75.9 Å². The minimum Gasteiger partial charge on any atom is -0.394 e. The van der Waals surface area contributed by atoms with Gasteiger partial charge in [-0.1, -0.05) is 0 Å². The first-order chi connectivity index (χ1) is 5.52. The van der Waals surface area contributed by atoms with E-state index in [0.717, 1.165) is 12.1 Å². The fraction of sp³-hybridized carbons (Fsp3) is 0. The third-order valence-corrected chi connectivity index (χ3v) is 1.39. The van der Waals surface area contributed by atoms with E-state index in [1.165, 1.54) is 0 Å². The van der Waals surface area contributed by atoms with Crippen molar-refractivity contribution >= 4 is 23.9 Å². The molecule has 5 N–H and O–H groups in total. The number of nitrogens with one attached hydrogen (secondary N) is 1. The molecule has 0 saturated heterocycles. The summed E-state index contributed by atoms with van der Waals surface area (Å²) in [4.78, 5) is 0. The van der Waals surface area contributed by atoms with E-state index in [-0.39, 0.29) is 18.0 Å². The fourth-order valence-electron chi connectivity index (χ4n) is 0.740. The van der Waals surface area contributed by atoms with Crippen molar-refractivity contribution in [3.8, 4) is 0 Å². The Kier molecular flexibility index (Phi) is 3.62. The van der Waals surface area contributed by atoms with Gasteiger partial charge in [-0.2, -0.15) is 0 Å². The molecule has 0 amide bonds. The van der Waals surface area contributed by atoms with Crippen LogP contribution in [0.1, 0.15) is 5.56 Å². The van der Waals surface area contributed by atoms with Gasteiger partial charge in [0, 0.05) is 5.56 Å². The molecule has 0 bridgehead atoms. The van der Waals surface area contributed by atoms with Crippen LogP contribution in [-0.2, 0) is 0 Å². The van der Waals surface area contributed by atoms with Crippen molar-refractivity contribution in [2.75, 3.05) is 5.73 Å². The summed E-state index contributed by atoms with van der Waals surface area (Å²) in [5.74, 6) is -2.20. The lowest BCUT2D eigenvalue weighted by atomic mass is 10.2. The van der Waals surface area contributed by atoms with E-state index >= 15 is 0 Å². The van der Waals surface area contributed by atoms with Gasteiger partial charge in [0.05, 0.1) is 0 Å². The monoisotopic (exact) mass is 207 g/mol. The van der Waals surface area contributed by atoms with Gasteiger partial charge in [-0.25, -0.2) is 8.78 Å². The number of hydrogen-bond acceptors (Lipinski definition) is 2. The first kappa shape index (κ1) is 11.6. The Hall–Kier alpha value is -1.36. The quantitative estimate of drug-likeness (QED) is 0.368.